The summed E-state index contributed by atoms with van der Waals surface area (Å²) in [6.45, 7) is 7.79. The van der Waals surface area contributed by atoms with Crippen LogP contribution in [0.2, 0.25) is 5.02 Å². The molecule has 0 saturated heterocycles. The molecule has 0 bridgehead atoms. The van der Waals surface area contributed by atoms with Gasteiger partial charge in [-0.1, -0.05) is 47.5 Å². The van der Waals surface area contributed by atoms with E-state index in [0.29, 0.717) is 10.8 Å². The first-order valence-corrected chi connectivity index (χ1v) is 8.05. The monoisotopic (exact) mass is 331 g/mol. The van der Waals surface area contributed by atoms with E-state index in [1.54, 1.807) is 19.1 Å². The maximum Gasteiger partial charge on any atom is 0.261 e. The Labute approximate surface area is 142 Å². The van der Waals surface area contributed by atoms with E-state index in [0.717, 1.165) is 11.1 Å². The van der Waals surface area contributed by atoms with Crippen molar-refractivity contribution < 1.29 is 9.53 Å². The molecule has 2 aromatic carbocycles. The molecule has 0 radical (unpaired) electrons. The Balaban J connectivity index is 2.01. The molecule has 3 nitrogen and oxygen atoms in total. The molecule has 0 saturated carbocycles. The molecule has 4 heteroatoms. The SMILES string of the molecule is Cc1ccc([C@H](C)NC(=O)[C@@H](C)Oc2ccccc2Cl)c(C)c1. The van der Waals surface area contributed by atoms with E-state index in [1.165, 1.54) is 5.56 Å². The molecule has 0 aliphatic heterocycles. The number of amides is 1. The van der Waals surface area contributed by atoms with Crippen LogP contribution in [-0.4, -0.2) is 12.0 Å². The minimum Gasteiger partial charge on any atom is -0.479 e. The molecular formula is C19H22ClNO2. The van der Waals surface area contributed by atoms with Crippen LogP contribution in [0.15, 0.2) is 42.5 Å². The van der Waals surface area contributed by atoms with Gasteiger partial charge in [-0.15, -0.1) is 0 Å². The number of nitrogens with one attached hydrogen (secondary N) is 1. The molecule has 1 amide bonds. The van der Waals surface area contributed by atoms with Crippen molar-refractivity contribution in [1.82, 2.24) is 5.32 Å². The first kappa shape index (κ1) is 17.4. The second-order valence-corrected chi connectivity index (χ2v) is 6.19. The van der Waals surface area contributed by atoms with Crippen LogP contribution in [0.3, 0.4) is 0 Å². The normalized spacial score (nSPS) is 13.3. The minimum atomic E-state index is -0.622. The lowest BCUT2D eigenvalue weighted by Gasteiger charge is -2.21. The van der Waals surface area contributed by atoms with Crippen molar-refractivity contribution in [1.29, 1.82) is 0 Å². The lowest BCUT2D eigenvalue weighted by Crippen LogP contribution is -2.38. The fraction of sp³-hybridized carbons (Fsp3) is 0.316. The molecule has 122 valence electrons. The number of halogens is 1. The molecule has 2 atom stereocenters. The molecule has 2 aromatic rings. The molecule has 23 heavy (non-hydrogen) atoms. The minimum absolute atomic E-state index is 0.0830. The van der Waals surface area contributed by atoms with Gasteiger partial charge in [0.25, 0.3) is 5.91 Å². The van der Waals surface area contributed by atoms with E-state index >= 15 is 0 Å². The molecule has 0 heterocycles. The fourth-order valence-electron chi connectivity index (χ4n) is 2.50. The zero-order chi connectivity index (χ0) is 17.0. The summed E-state index contributed by atoms with van der Waals surface area (Å²) >= 11 is 6.05. The Kier molecular flexibility index (Phi) is 5.67. The van der Waals surface area contributed by atoms with Crippen molar-refractivity contribution in [3.63, 3.8) is 0 Å². The fourth-order valence-corrected chi connectivity index (χ4v) is 2.68. The van der Waals surface area contributed by atoms with Crippen LogP contribution in [0.1, 0.15) is 36.6 Å². The number of hydrogen-bond donors (Lipinski definition) is 1. The third kappa shape index (κ3) is 4.49. The second kappa shape index (κ2) is 7.51. The van der Waals surface area contributed by atoms with Gasteiger partial charge in [0.15, 0.2) is 6.10 Å². The van der Waals surface area contributed by atoms with Gasteiger partial charge in [0, 0.05) is 0 Å². The van der Waals surface area contributed by atoms with Gasteiger partial charge in [-0.05, 0) is 51.0 Å². The third-order valence-electron chi connectivity index (χ3n) is 3.76. The van der Waals surface area contributed by atoms with Gasteiger partial charge in [0.2, 0.25) is 0 Å². The first-order valence-electron chi connectivity index (χ1n) is 7.67. The van der Waals surface area contributed by atoms with Crippen LogP contribution < -0.4 is 10.1 Å². The molecule has 1 N–H and O–H groups in total. The van der Waals surface area contributed by atoms with Crippen molar-refractivity contribution in [2.24, 2.45) is 0 Å². The Morgan fingerprint density at radius 3 is 2.48 bits per heavy atom. The quantitative estimate of drug-likeness (QED) is 0.869. The number of hydrogen-bond acceptors (Lipinski definition) is 2. The lowest BCUT2D eigenvalue weighted by molar-refractivity contribution is -0.127. The third-order valence-corrected chi connectivity index (χ3v) is 4.07. The highest BCUT2D eigenvalue weighted by molar-refractivity contribution is 6.32. The maximum atomic E-state index is 12.3. The number of aryl methyl sites for hydroxylation is 2. The van der Waals surface area contributed by atoms with Crippen molar-refractivity contribution in [2.45, 2.75) is 39.8 Å². The Bertz CT molecular complexity index is 700. The van der Waals surface area contributed by atoms with Gasteiger partial charge < -0.3 is 10.1 Å². The summed E-state index contributed by atoms with van der Waals surface area (Å²) in [6, 6.07) is 13.3. The van der Waals surface area contributed by atoms with Gasteiger partial charge >= 0.3 is 0 Å². The molecule has 0 spiro atoms. The highest BCUT2D eigenvalue weighted by Gasteiger charge is 2.19. The number of para-hydroxylation sites is 1. The Morgan fingerprint density at radius 1 is 1.13 bits per heavy atom. The number of rotatable bonds is 5. The number of benzene rings is 2. The van der Waals surface area contributed by atoms with Gasteiger partial charge in [-0.25, -0.2) is 0 Å². The maximum absolute atomic E-state index is 12.3. The van der Waals surface area contributed by atoms with Gasteiger partial charge in [0.1, 0.15) is 5.75 Å². The van der Waals surface area contributed by atoms with Gasteiger partial charge in [0.05, 0.1) is 11.1 Å². The van der Waals surface area contributed by atoms with E-state index in [4.69, 9.17) is 16.3 Å². The summed E-state index contributed by atoms with van der Waals surface area (Å²) in [4.78, 5) is 12.3. The van der Waals surface area contributed by atoms with Crippen LogP contribution in [0.5, 0.6) is 5.75 Å². The first-order chi connectivity index (χ1) is 10.9. The molecule has 0 aliphatic carbocycles. The smallest absolute Gasteiger partial charge is 0.261 e. The summed E-state index contributed by atoms with van der Waals surface area (Å²) in [7, 11) is 0. The van der Waals surface area contributed by atoms with E-state index < -0.39 is 6.10 Å². The van der Waals surface area contributed by atoms with Crippen LogP contribution in [0.25, 0.3) is 0 Å². The number of ether oxygens (including phenoxy) is 1. The summed E-state index contributed by atoms with van der Waals surface area (Å²) < 4.78 is 5.65. The van der Waals surface area contributed by atoms with E-state index in [9.17, 15) is 4.79 Å². The van der Waals surface area contributed by atoms with Crippen molar-refractivity contribution in [3.8, 4) is 5.75 Å². The molecule has 2 rings (SSSR count). The van der Waals surface area contributed by atoms with E-state index in [2.05, 4.69) is 37.4 Å². The van der Waals surface area contributed by atoms with Gasteiger partial charge in [-0.3, -0.25) is 4.79 Å². The number of carbonyl (C=O) groups is 1. The number of carbonyl (C=O) groups excluding carboxylic acids is 1. The average Bonchev–Trinajstić information content (AvgIpc) is 2.49. The molecule has 0 unspecified atom stereocenters. The van der Waals surface area contributed by atoms with Crippen LogP contribution in [0.4, 0.5) is 0 Å². The molecule has 0 fully saturated rings. The largest absolute Gasteiger partial charge is 0.479 e. The molecule has 0 aromatic heterocycles. The highest BCUT2D eigenvalue weighted by Crippen LogP contribution is 2.24. The van der Waals surface area contributed by atoms with Gasteiger partial charge in [-0.2, -0.15) is 0 Å². The Morgan fingerprint density at radius 2 is 1.83 bits per heavy atom. The standard InChI is InChI=1S/C19H22ClNO2/c1-12-9-10-16(13(2)11-12)14(3)21-19(22)15(4)23-18-8-6-5-7-17(18)20/h5-11,14-15H,1-4H3,(H,21,22)/t14-,15+/m0/s1. The van der Waals surface area contributed by atoms with Crippen molar-refractivity contribution in [2.75, 3.05) is 0 Å². The zero-order valence-corrected chi connectivity index (χ0v) is 14.6. The Hall–Kier alpha value is -2.00. The molecule has 0 aliphatic rings. The topological polar surface area (TPSA) is 38.3 Å². The van der Waals surface area contributed by atoms with E-state index in [1.807, 2.05) is 19.1 Å². The summed E-state index contributed by atoms with van der Waals surface area (Å²) in [5.74, 6) is 0.341. The second-order valence-electron chi connectivity index (χ2n) is 5.78. The van der Waals surface area contributed by atoms with Crippen LogP contribution >= 0.6 is 11.6 Å². The van der Waals surface area contributed by atoms with Crippen LogP contribution in [-0.2, 0) is 4.79 Å². The van der Waals surface area contributed by atoms with E-state index in [-0.39, 0.29) is 11.9 Å². The predicted molar refractivity (Wildman–Crippen MR) is 94.0 cm³/mol. The zero-order valence-electron chi connectivity index (χ0n) is 13.9. The highest BCUT2D eigenvalue weighted by atomic mass is 35.5. The summed E-state index contributed by atoms with van der Waals surface area (Å²) in [5.41, 5.74) is 3.48. The van der Waals surface area contributed by atoms with Crippen LogP contribution in [0, 0.1) is 13.8 Å². The summed E-state index contributed by atoms with van der Waals surface area (Å²) in [6.07, 6.45) is -0.622. The summed E-state index contributed by atoms with van der Waals surface area (Å²) in [5, 5.41) is 3.48. The van der Waals surface area contributed by atoms with Crippen molar-refractivity contribution >= 4 is 17.5 Å². The molecular weight excluding hydrogens is 310 g/mol. The average molecular weight is 332 g/mol. The predicted octanol–water partition coefficient (Wildman–Crippen LogP) is 4.60. The lowest BCUT2D eigenvalue weighted by atomic mass is 10.0. The van der Waals surface area contributed by atoms with Crippen molar-refractivity contribution in [3.05, 3.63) is 64.2 Å².